The third-order valence-electron chi connectivity index (χ3n) is 11.7. The standard InChI is InChI=1S/C30H40ClFN2O/c1-18-23-8-9-25-22-7-6-20-16-21(34(4)28(35)19-5-10-27(32)26(31)15-19)11-13-29(20,2)24(22)12-14-30(23,25)17-33(18)3/h5-6,10,15,18,21-25H,7-9,11-14,16-17H2,1-4H3/t18-,21-,22+,23+,24?,25-,29-,30-/m0/s1. The first-order chi connectivity index (χ1) is 16.7. The van der Waals surface area contributed by atoms with Crippen LogP contribution >= 0.6 is 11.6 Å². The molecular weight excluding hydrogens is 459 g/mol. The zero-order chi connectivity index (χ0) is 24.7. The maximum atomic E-state index is 13.6. The fourth-order valence-corrected chi connectivity index (χ4v) is 9.95. The SMILES string of the molecule is C[C@H]1[C@H]2CC[C@H]3[C@@H]4CC=C5C[C@@H](N(C)C(=O)c6ccc(F)c(Cl)c6)CC[C@]5(C)C4CC[C@]23CN1C. The summed E-state index contributed by atoms with van der Waals surface area (Å²) in [7, 11) is 4.25. The minimum Gasteiger partial charge on any atom is -0.338 e. The van der Waals surface area contributed by atoms with Crippen LogP contribution < -0.4 is 0 Å². The van der Waals surface area contributed by atoms with E-state index in [0.717, 1.165) is 49.0 Å². The fourth-order valence-electron chi connectivity index (χ4n) is 9.77. The summed E-state index contributed by atoms with van der Waals surface area (Å²) in [5.74, 6) is 2.86. The summed E-state index contributed by atoms with van der Waals surface area (Å²) in [5, 5.41) is 0.00794. The third-order valence-corrected chi connectivity index (χ3v) is 12.0. The zero-order valence-electron chi connectivity index (χ0n) is 21.7. The van der Waals surface area contributed by atoms with Crippen molar-refractivity contribution in [2.24, 2.45) is 34.5 Å². The third kappa shape index (κ3) is 3.41. The highest BCUT2D eigenvalue weighted by Crippen LogP contribution is 2.68. The van der Waals surface area contributed by atoms with E-state index < -0.39 is 5.82 Å². The Morgan fingerprint density at radius 1 is 1.14 bits per heavy atom. The van der Waals surface area contributed by atoms with Gasteiger partial charge in [0, 0.05) is 31.2 Å². The maximum absolute atomic E-state index is 13.6. The molecule has 3 saturated carbocycles. The van der Waals surface area contributed by atoms with Gasteiger partial charge in [-0.05, 0) is 118 Å². The van der Waals surface area contributed by atoms with E-state index in [9.17, 15) is 9.18 Å². The summed E-state index contributed by atoms with van der Waals surface area (Å²) in [6, 6.07) is 5.23. The van der Waals surface area contributed by atoms with Gasteiger partial charge >= 0.3 is 0 Å². The number of hydrogen-bond donors (Lipinski definition) is 0. The van der Waals surface area contributed by atoms with Crippen molar-refractivity contribution in [2.75, 3.05) is 20.6 Å². The van der Waals surface area contributed by atoms with E-state index in [0.29, 0.717) is 11.0 Å². The predicted octanol–water partition coefficient (Wildman–Crippen LogP) is 6.81. The average Bonchev–Trinajstić information content (AvgIpc) is 3.33. The lowest BCUT2D eigenvalue weighted by Crippen LogP contribution is -2.53. The van der Waals surface area contributed by atoms with Crippen molar-refractivity contribution in [3.05, 3.63) is 46.3 Å². The van der Waals surface area contributed by atoms with Crippen LogP contribution in [0.25, 0.3) is 0 Å². The maximum Gasteiger partial charge on any atom is 0.253 e. The van der Waals surface area contributed by atoms with Crippen LogP contribution in [0.2, 0.25) is 5.02 Å². The normalized spacial score (nSPS) is 42.5. The van der Waals surface area contributed by atoms with Gasteiger partial charge in [-0.25, -0.2) is 4.39 Å². The number of fused-ring (bicyclic) bond motifs is 4. The van der Waals surface area contributed by atoms with Gasteiger partial charge in [-0.2, -0.15) is 0 Å². The second kappa shape index (κ2) is 8.31. The quantitative estimate of drug-likeness (QED) is 0.418. The van der Waals surface area contributed by atoms with Crippen LogP contribution in [0.15, 0.2) is 29.8 Å². The van der Waals surface area contributed by atoms with Crippen molar-refractivity contribution >= 4 is 17.5 Å². The lowest BCUT2D eigenvalue weighted by atomic mass is 9.47. The van der Waals surface area contributed by atoms with Gasteiger partial charge in [0.05, 0.1) is 5.02 Å². The number of nitrogens with zero attached hydrogens (tertiary/aromatic N) is 2. The molecule has 4 aliphatic carbocycles. The van der Waals surface area contributed by atoms with E-state index in [4.69, 9.17) is 11.6 Å². The number of carbonyl (C=O) groups is 1. The Labute approximate surface area is 215 Å². The molecule has 35 heavy (non-hydrogen) atoms. The van der Waals surface area contributed by atoms with Crippen molar-refractivity contribution in [3.8, 4) is 0 Å². The van der Waals surface area contributed by atoms with Crippen molar-refractivity contribution in [2.45, 2.75) is 77.3 Å². The Morgan fingerprint density at radius 3 is 2.69 bits per heavy atom. The molecule has 0 radical (unpaired) electrons. The molecule has 1 amide bonds. The van der Waals surface area contributed by atoms with E-state index in [1.165, 1.54) is 50.8 Å². The number of halogens is 2. The molecule has 3 nitrogen and oxygen atoms in total. The molecular formula is C30H40ClFN2O. The summed E-state index contributed by atoms with van der Waals surface area (Å²) in [5.41, 5.74) is 2.90. The zero-order valence-corrected chi connectivity index (χ0v) is 22.5. The van der Waals surface area contributed by atoms with Gasteiger partial charge in [0.15, 0.2) is 0 Å². The fraction of sp³-hybridized carbons (Fsp3) is 0.700. The molecule has 5 aliphatic rings. The van der Waals surface area contributed by atoms with Crippen molar-refractivity contribution < 1.29 is 9.18 Å². The van der Waals surface area contributed by atoms with Gasteiger partial charge in [-0.1, -0.05) is 30.2 Å². The molecule has 0 N–H and O–H groups in total. The molecule has 0 bridgehead atoms. The molecule has 5 heteroatoms. The topological polar surface area (TPSA) is 23.6 Å². The Kier molecular flexibility index (Phi) is 5.69. The summed E-state index contributed by atoms with van der Waals surface area (Å²) >= 11 is 5.95. The molecule has 1 aromatic carbocycles. The van der Waals surface area contributed by atoms with E-state index in [1.807, 2.05) is 11.9 Å². The molecule has 190 valence electrons. The minimum atomic E-state index is -0.484. The molecule has 1 unspecified atom stereocenters. The van der Waals surface area contributed by atoms with Crippen LogP contribution in [0, 0.1) is 40.3 Å². The Hall–Kier alpha value is -1.39. The van der Waals surface area contributed by atoms with E-state index in [1.54, 1.807) is 11.6 Å². The number of benzene rings is 1. The van der Waals surface area contributed by atoms with Gasteiger partial charge in [-0.3, -0.25) is 4.79 Å². The summed E-state index contributed by atoms with van der Waals surface area (Å²) in [6.45, 7) is 6.32. The molecule has 1 saturated heterocycles. The Morgan fingerprint density at radius 2 is 1.91 bits per heavy atom. The predicted molar refractivity (Wildman–Crippen MR) is 139 cm³/mol. The second-order valence-corrected chi connectivity index (χ2v) is 13.2. The van der Waals surface area contributed by atoms with E-state index in [2.05, 4.69) is 31.9 Å². The molecule has 1 aliphatic heterocycles. The molecule has 0 aromatic heterocycles. The number of allylic oxidation sites excluding steroid dienone is 1. The number of carbonyl (C=O) groups excluding carboxylic acids is 1. The van der Waals surface area contributed by atoms with E-state index >= 15 is 0 Å². The first-order valence-electron chi connectivity index (χ1n) is 13.8. The van der Waals surface area contributed by atoms with Crippen LogP contribution in [0.3, 0.4) is 0 Å². The Bertz CT molecular complexity index is 1070. The molecule has 1 spiro atoms. The summed E-state index contributed by atoms with van der Waals surface area (Å²) in [4.78, 5) is 17.7. The largest absolute Gasteiger partial charge is 0.338 e. The highest BCUT2D eigenvalue weighted by atomic mass is 35.5. The van der Waals surface area contributed by atoms with E-state index in [-0.39, 0.29) is 22.4 Å². The minimum absolute atomic E-state index is 0.00794. The number of hydrogen-bond acceptors (Lipinski definition) is 2. The van der Waals surface area contributed by atoms with Crippen LogP contribution in [-0.4, -0.2) is 48.4 Å². The number of rotatable bonds is 2. The van der Waals surface area contributed by atoms with Gasteiger partial charge in [0.2, 0.25) is 0 Å². The summed E-state index contributed by atoms with van der Waals surface area (Å²) < 4.78 is 13.6. The van der Waals surface area contributed by atoms with Crippen LogP contribution in [-0.2, 0) is 0 Å². The van der Waals surface area contributed by atoms with Crippen molar-refractivity contribution in [1.29, 1.82) is 0 Å². The van der Waals surface area contributed by atoms with Gasteiger partial charge in [0.25, 0.3) is 5.91 Å². The van der Waals surface area contributed by atoms with Crippen LogP contribution in [0.5, 0.6) is 0 Å². The Balaban J connectivity index is 1.21. The lowest BCUT2D eigenvalue weighted by Gasteiger charge is -2.58. The molecule has 1 heterocycles. The summed E-state index contributed by atoms with van der Waals surface area (Å²) in [6.07, 6.45) is 12.6. The lowest BCUT2D eigenvalue weighted by molar-refractivity contribution is -0.0430. The van der Waals surface area contributed by atoms with Crippen molar-refractivity contribution in [3.63, 3.8) is 0 Å². The second-order valence-electron chi connectivity index (χ2n) is 12.8. The van der Waals surface area contributed by atoms with Crippen LogP contribution in [0.4, 0.5) is 4.39 Å². The monoisotopic (exact) mass is 498 g/mol. The molecule has 1 aromatic rings. The first kappa shape index (κ1) is 24.0. The average molecular weight is 499 g/mol. The number of likely N-dealkylation sites (tertiary alicyclic amines) is 1. The van der Waals surface area contributed by atoms with Gasteiger partial charge in [-0.15, -0.1) is 0 Å². The van der Waals surface area contributed by atoms with Gasteiger partial charge < -0.3 is 9.80 Å². The molecule has 4 fully saturated rings. The number of amides is 1. The molecule has 6 rings (SSSR count). The van der Waals surface area contributed by atoms with Gasteiger partial charge in [0.1, 0.15) is 5.82 Å². The smallest absolute Gasteiger partial charge is 0.253 e. The highest BCUT2D eigenvalue weighted by molar-refractivity contribution is 6.31. The first-order valence-corrected chi connectivity index (χ1v) is 14.2. The highest BCUT2D eigenvalue weighted by Gasteiger charge is 2.64. The van der Waals surface area contributed by atoms with Crippen molar-refractivity contribution in [1.82, 2.24) is 9.80 Å². The molecule has 8 atom stereocenters. The van der Waals surface area contributed by atoms with Crippen LogP contribution in [0.1, 0.15) is 75.6 Å².